The SMILES string of the molecule is COCc1ccccc1C(=O)Nc1cc(C)[nH]n1. The molecule has 5 nitrogen and oxygen atoms in total. The normalized spacial score (nSPS) is 10.3. The molecule has 2 aromatic rings. The lowest BCUT2D eigenvalue weighted by molar-refractivity contribution is 0.102. The summed E-state index contributed by atoms with van der Waals surface area (Å²) in [5.74, 6) is 0.332. The lowest BCUT2D eigenvalue weighted by atomic mass is 10.1. The Morgan fingerprint density at radius 3 is 2.89 bits per heavy atom. The second-order valence-corrected chi connectivity index (χ2v) is 3.98. The molecule has 2 rings (SSSR count). The van der Waals surface area contributed by atoms with E-state index in [2.05, 4.69) is 15.5 Å². The monoisotopic (exact) mass is 245 g/mol. The van der Waals surface area contributed by atoms with Crippen molar-refractivity contribution in [2.45, 2.75) is 13.5 Å². The van der Waals surface area contributed by atoms with Crippen molar-refractivity contribution in [3.8, 4) is 0 Å². The van der Waals surface area contributed by atoms with Crippen molar-refractivity contribution in [1.82, 2.24) is 10.2 Å². The average molecular weight is 245 g/mol. The van der Waals surface area contributed by atoms with Crippen LogP contribution in [0, 0.1) is 6.92 Å². The van der Waals surface area contributed by atoms with Gasteiger partial charge in [-0.2, -0.15) is 5.10 Å². The number of anilines is 1. The minimum atomic E-state index is -0.186. The molecule has 5 heteroatoms. The molecular formula is C13H15N3O2. The standard InChI is InChI=1S/C13H15N3O2/c1-9-7-12(16-15-9)14-13(17)11-6-4-3-5-10(11)8-18-2/h3-7H,8H2,1-2H3,(H2,14,15,16,17). The molecule has 2 N–H and O–H groups in total. The molecule has 0 unspecified atom stereocenters. The number of carbonyl (C=O) groups excluding carboxylic acids is 1. The summed E-state index contributed by atoms with van der Waals surface area (Å²) in [4.78, 5) is 12.1. The number of aromatic amines is 1. The number of rotatable bonds is 4. The molecule has 1 amide bonds. The Morgan fingerprint density at radius 2 is 2.22 bits per heavy atom. The molecule has 1 aromatic carbocycles. The van der Waals surface area contributed by atoms with Crippen LogP contribution in [0.25, 0.3) is 0 Å². The number of aromatic nitrogens is 2. The highest BCUT2D eigenvalue weighted by atomic mass is 16.5. The van der Waals surface area contributed by atoms with Crippen molar-refractivity contribution in [3.05, 3.63) is 47.2 Å². The van der Waals surface area contributed by atoms with Gasteiger partial charge in [-0.05, 0) is 18.6 Å². The number of H-pyrrole nitrogens is 1. The lowest BCUT2D eigenvalue weighted by Crippen LogP contribution is -2.14. The Balaban J connectivity index is 2.18. The van der Waals surface area contributed by atoms with Crippen molar-refractivity contribution >= 4 is 11.7 Å². The summed E-state index contributed by atoms with van der Waals surface area (Å²) >= 11 is 0. The number of carbonyl (C=O) groups is 1. The molecule has 0 aliphatic heterocycles. The second-order valence-electron chi connectivity index (χ2n) is 3.98. The van der Waals surface area contributed by atoms with E-state index in [1.165, 1.54) is 0 Å². The minimum Gasteiger partial charge on any atom is -0.380 e. The maximum Gasteiger partial charge on any atom is 0.257 e. The Kier molecular flexibility index (Phi) is 3.74. The zero-order valence-corrected chi connectivity index (χ0v) is 10.4. The Bertz CT molecular complexity index is 549. The Hall–Kier alpha value is -2.14. The number of hydrogen-bond donors (Lipinski definition) is 2. The fourth-order valence-corrected chi connectivity index (χ4v) is 1.69. The summed E-state index contributed by atoms with van der Waals surface area (Å²) in [6.45, 7) is 2.28. The van der Waals surface area contributed by atoms with Crippen LogP contribution in [0.5, 0.6) is 0 Å². The topological polar surface area (TPSA) is 67.0 Å². The third-order valence-electron chi connectivity index (χ3n) is 2.51. The molecule has 0 saturated carbocycles. The number of nitrogens with zero attached hydrogens (tertiary/aromatic N) is 1. The molecule has 1 aromatic heterocycles. The van der Waals surface area contributed by atoms with Gasteiger partial charge in [0.25, 0.3) is 5.91 Å². The van der Waals surface area contributed by atoms with Gasteiger partial charge >= 0.3 is 0 Å². The zero-order chi connectivity index (χ0) is 13.0. The van der Waals surface area contributed by atoms with E-state index >= 15 is 0 Å². The smallest absolute Gasteiger partial charge is 0.257 e. The van der Waals surface area contributed by atoms with Crippen LogP contribution in [0.2, 0.25) is 0 Å². The van der Waals surface area contributed by atoms with Crippen LogP contribution >= 0.6 is 0 Å². The fourth-order valence-electron chi connectivity index (χ4n) is 1.69. The highest BCUT2D eigenvalue weighted by Crippen LogP contribution is 2.13. The fraction of sp³-hybridized carbons (Fsp3) is 0.231. The van der Waals surface area contributed by atoms with Gasteiger partial charge in [0, 0.05) is 24.4 Å². The van der Waals surface area contributed by atoms with Crippen molar-refractivity contribution in [1.29, 1.82) is 0 Å². The van der Waals surface area contributed by atoms with Crippen LogP contribution in [-0.2, 0) is 11.3 Å². The van der Waals surface area contributed by atoms with E-state index < -0.39 is 0 Å². The first-order chi connectivity index (χ1) is 8.70. The first kappa shape index (κ1) is 12.3. The molecule has 0 spiro atoms. The summed E-state index contributed by atoms with van der Waals surface area (Å²) in [7, 11) is 1.60. The van der Waals surface area contributed by atoms with Crippen LogP contribution < -0.4 is 5.32 Å². The Labute approximate surface area is 105 Å². The molecule has 94 valence electrons. The first-order valence-electron chi connectivity index (χ1n) is 5.61. The molecule has 0 aliphatic carbocycles. The number of amides is 1. The molecule has 0 atom stereocenters. The zero-order valence-electron chi connectivity index (χ0n) is 10.4. The van der Waals surface area contributed by atoms with Crippen LogP contribution in [0.15, 0.2) is 30.3 Å². The van der Waals surface area contributed by atoms with Gasteiger partial charge in [-0.3, -0.25) is 9.89 Å². The summed E-state index contributed by atoms with van der Waals surface area (Å²) in [6, 6.07) is 9.11. The lowest BCUT2D eigenvalue weighted by Gasteiger charge is -2.07. The minimum absolute atomic E-state index is 0.186. The summed E-state index contributed by atoms with van der Waals surface area (Å²) in [6.07, 6.45) is 0. The van der Waals surface area contributed by atoms with E-state index in [-0.39, 0.29) is 5.91 Å². The average Bonchev–Trinajstić information content (AvgIpc) is 2.76. The van der Waals surface area contributed by atoms with Gasteiger partial charge in [0.2, 0.25) is 0 Å². The number of nitrogens with one attached hydrogen (secondary N) is 2. The molecule has 0 fully saturated rings. The van der Waals surface area contributed by atoms with Crippen molar-refractivity contribution in [3.63, 3.8) is 0 Å². The molecule has 0 bridgehead atoms. The molecular weight excluding hydrogens is 230 g/mol. The highest BCUT2D eigenvalue weighted by Gasteiger charge is 2.11. The van der Waals surface area contributed by atoms with Crippen LogP contribution in [0.1, 0.15) is 21.6 Å². The van der Waals surface area contributed by atoms with E-state index in [4.69, 9.17) is 4.74 Å². The quantitative estimate of drug-likeness (QED) is 0.867. The number of benzene rings is 1. The highest BCUT2D eigenvalue weighted by molar-refractivity contribution is 6.04. The van der Waals surface area contributed by atoms with Crippen molar-refractivity contribution in [2.75, 3.05) is 12.4 Å². The third-order valence-corrected chi connectivity index (χ3v) is 2.51. The van der Waals surface area contributed by atoms with E-state index in [1.54, 1.807) is 19.2 Å². The van der Waals surface area contributed by atoms with Crippen LogP contribution in [0.3, 0.4) is 0 Å². The Morgan fingerprint density at radius 1 is 1.44 bits per heavy atom. The van der Waals surface area contributed by atoms with Gasteiger partial charge < -0.3 is 10.1 Å². The van der Waals surface area contributed by atoms with Gasteiger partial charge in [-0.15, -0.1) is 0 Å². The van der Waals surface area contributed by atoms with E-state index in [0.717, 1.165) is 11.3 Å². The molecule has 1 heterocycles. The largest absolute Gasteiger partial charge is 0.380 e. The van der Waals surface area contributed by atoms with E-state index in [9.17, 15) is 4.79 Å². The van der Waals surface area contributed by atoms with E-state index in [1.807, 2.05) is 25.1 Å². The van der Waals surface area contributed by atoms with Gasteiger partial charge in [-0.1, -0.05) is 18.2 Å². The molecule has 18 heavy (non-hydrogen) atoms. The molecule has 0 saturated heterocycles. The predicted octanol–water partition coefficient (Wildman–Crippen LogP) is 2.12. The number of aryl methyl sites for hydroxylation is 1. The van der Waals surface area contributed by atoms with E-state index in [0.29, 0.717) is 18.0 Å². The number of hydrogen-bond acceptors (Lipinski definition) is 3. The van der Waals surface area contributed by atoms with Crippen molar-refractivity contribution < 1.29 is 9.53 Å². The van der Waals surface area contributed by atoms with Crippen molar-refractivity contribution in [2.24, 2.45) is 0 Å². The number of ether oxygens (including phenoxy) is 1. The second kappa shape index (κ2) is 5.46. The van der Waals surface area contributed by atoms with Crippen LogP contribution in [0.4, 0.5) is 5.82 Å². The number of methoxy groups -OCH3 is 1. The van der Waals surface area contributed by atoms with Gasteiger partial charge in [0.1, 0.15) is 0 Å². The molecule has 0 aliphatic rings. The van der Waals surface area contributed by atoms with Crippen LogP contribution in [-0.4, -0.2) is 23.2 Å². The first-order valence-corrected chi connectivity index (χ1v) is 5.61. The maximum atomic E-state index is 12.1. The maximum absolute atomic E-state index is 12.1. The van der Waals surface area contributed by atoms with Gasteiger partial charge in [0.05, 0.1) is 6.61 Å². The summed E-state index contributed by atoms with van der Waals surface area (Å²) in [5, 5.41) is 9.49. The summed E-state index contributed by atoms with van der Waals surface area (Å²) < 4.78 is 5.07. The third kappa shape index (κ3) is 2.75. The summed E-state index contributed by atoms with van der Waals surface area (Å²) in [5.41, 5.74) is 2.35. The predicted molar refractivity (Wildman–Crippen MR) is 68.4 cm³/mol. The molecule has 0 radical (unpaired) electrons. The van der Waals surface area contributed by atoms with Gasteiger partial charge in [-0.25, -0.2) is 0 Å². The van der Waals surface area contributed by atoms with Gasteiger partial charge in [0.15, 0.2) is 5.82 Å².